The molecule has 1 aromatic carbocycles. The maximum atomic E-state index is 10.4. The van der Waals surface area contributed by atoms with E-state index in [9.17, 15) is 5.11 Å². The van der Waals surface area contributed by atoms with E-state index in [1.807, 2.05) is 33.4 Å². The van der Waals surface area contributed by atoms with Crippen LogP contribution in [0.15, 0.2) is 47.1 Å². The fraction of sp³-hybridized carbons (Fsp3) is 0.421. The van der Waals surface area contributed by atoms with Gasteiger partial charge in [0.05, 0.1) is 50.0 Å². The summed E-state index contributed by atoms with van der Waals surface area (Å²) in [6.07, 6.45) is 0.790. The van der Waals surface area contributed by atoms with Gasteiger partial charge in [-0.3, -0.25) is 5.41 Å². The average molecular weight is 379 g/mol. The molecule has 3 N–H and O–H groups in total. The van der Waals surface area contributed by atoms with Crippen LogP contribution in [0.1, 0.15) is 25.7 Å². The first-order chi connectivity index (χ1) is 12.2. The number of aliphatic hydroxyl groups excluding tert-OH is 1. The number of benzene rings is 1. The van der Waals surface area contributed by atoms with E-state index in [4.69, 9.17) is 9.83 Å². The molecule has 0 saturated carbocycles. The molecular weight excluding hydrogens is 352 g/mol. The molecule has 0 aliphatic carbocycles. The molecule has 6 nitrogen and oxygen atoms in total. The lowest BCUT2D eigenvalue weighted by molar-refractivity contribution is -0.897. The molecule has 1 atom stereocenters. The van der Waals surface area contributed by atoms with Crippen LogP contribution in [0.3, 0.4) is 0 Å². The van der Waals surface area contributed by atoms with Gasteiger partial charge in [0, 0.05) is 0 Å². The van der Waals surface area contributed by atoms with Gasteiger partial charge in [-0.25, -0.2) is 0 Å². The summed E-state index contributed by atoms with van der Waals surface area (Å²) in [4.78, 5) is 1.51. The van der Waals surface area contributed by atoms with Crippen molar-refractivity contribution in [3.63, 3.8) is 0 Å². The van der Waals surface area contributed by atoms with Gasteiger partial charge < -0.3 is 36.0 Å². The Balaban J connectivity index is 0.00000243. The summed E-state index contributed by atoms with van der Waals surface area (Å²) in [6.45, 7) is 8.62. The van der Waals surface area contributed by atoms with Crippen LogP contribution >= 0.6 is 0 Å². The molecule has 0 aliphatic rings. The van der Waals surface area contributed by atoms with Gasteiger partial charge in [-0.1, -0.05) is 12.1 Å². The number of aromatic nitrogens is 2. The summed E-state index contributed by atoms with van der Waals surface area (Å²) in [6, 6.07) is 11.5. The topological polar surface area (TPSA) is 71.5 Å². The Morgan fingerprint density at radius 1 is 1.08 bits per heavy atom. The van der Waals surface area contributed by atoms with E-state index >= 15 is 0 Å². The first kappa shape index (κ1) is 20.3. The quantitative estimate of drug-likeness (QED) is 0.432. The lowest BCUT2D eigenvalue weighted by Gasteiger charge is -2.15. The number of hydrogen-bond acceptors (Lipinski definition) is 3. The number of para-hydroxylation sites is 2. The van der Waals surface area contributed by atoms with Crippen LogP contribution in [0.5, 0.6) is 0 Å². The molecule has 3 aromatic rings. The standard InChI is InChI=1S/C19H26N4O2.ClH/c1-3-21(4-2)11-12-22-15-8-5-6-9-16(15)23(19(22)20)14-17(24)18-10-7-13-25-18;/h5-10,13,17,20,24H,3-4,11-12,14H2,1-2H3;1H. The monoisotopic (exact) mass is 378 g/mol. The number of nitrogens with one attached hydrogen (secondary N) is 2. The maximum absolute atomic E-state index is 10.4. The largest absolute Gasteiger partial charge is 1.00 e. The molecule has 26 heavy (non-hydrogen) atoms. The normalized spacial score (nSPS) is 12.5. The number of fused-ring (bicyclic) bond motifs is 1. The Morgan fingerprint density at radius 3 is 2.31 bits per heavy atom. The number of hydrogen-bond donors (Lipinski definition) is 3. The van der Waals surface area contributed by atoms with E-state index in [0.29, 0.717) is 17.9 Å². The number of imidazole rings is 1. The zero-order valence-electron chi connectivity index (χ0n) is 15.3. The molecule has 142 valence electrons. The molecule has 0 fully saturated rings. The smallest absolute Gasteiger partial charge is 0.203 e. The zero-order chi connectivity index (χ0) is 17.8. The fourth-order valence-corrected chi connectivity index (χ4v) is 3.32. The molecule has 0 saturated heterocycles. The van der Waals surface area contributed by atoms with Gasteiger partial charge in [-0.2, -0.15) is 0 Å². The summed E-state index contributed by atoms with van der Waals surface area (Å²) >= 11 is 0. The third-order valence-corrected chi connectivity index (χ3v) is 4.89. The predicted octanol–water partition coefficient (Wildman–Crippen LogP) is -1.82. The van der Waals surface area contributed by atoms with Crippen molar-refractivity contribution < 1.29 is 26.8 Å². The molecule has 2 aromatic heterocycles. The van der Waals surface area contributed by atoms with E-state index in [-0.39, 0.29) is 12.4 Å². The first-order valence-electron chi connectivity index (χ1n) is 8.93. The van der Waals surface area contributed by atoms with Crippen molar-refractivity contribution in [2.75, 3.05) is 19.6 Å². The summed E-state index contributed by atoms with van der Waals surface area (Å²) < 4.78 is 9.20. The third-order valence-electron chi connectivity index (χ3n) is 4.89. The van der Waals surface area contributed by atoms with Gasteiger partial charge in [-0.05, 0) is 38.1 Å². The van der Waals surface area contributed by atoms with Gasteiger partial charge in [-0.15, -0.1) is 0 Å². The Hall–Kier alpha value is -2.02. The zero-order valence-corrected chi connectivity index (χ0v) is 16.0. The van der Waals surface area contributed by atoms with Gasteiger partial charge >= 0.3 is 0 Å². The summed E-state index contributed by atoms with van der Waals surface area (Å²) in [7, 11) is 0. The SMILES string of the molecule is CC[NH+](CC)CCn1c(=N)n(CC(O)c2ccco2)c2ccccc21.[Cl-]. The first-order valence-corrected chi connectivity index (χ1v) is 8.93. The predicted molar refractivity (Wildman–Crippen MR) is 96.4 cm³/mol. The van der Waals surface area contributed by atoms with Gasteiger partial charge in [0.25, 0.3) is 0 Å². The lowest BCUT2D eigenvalue weighted by atomic mass is 10.2. The maximum Gasteiger partial charge on any atom is 0.203 e. The molecule has 0 radical (unpaired) electrons. The Labute approximate surface area is 159 Å². The minimum atomic E-state index is -0.767. The summed E-state index contributed by atoms with van der Waals surface area (Å²) in [5, 5.41) is 19.1. The highest BCUT2D eigenvalue weighted by Gasteiger charge is 2.17. The number of rotatable bonds is 8. The van der Waals surface area contributed by atoms with Crippen molar-refractivity contribution in [3.8, 4) is 0 Å². The molecule has 0 spiro atoms. The highest BCUT2D eigenvalue weighted by molar-refractivity contribution is 5.75. The Kier molecular flexibility index (Phi) is 7.08. The van der Waals surface area contributed by atoms with Crippen LogP contribution in [-0.2, 0) is 13.1 Å². The minimum absolute atomic E-state index is 0. The van der Waals surface area contributed by atoms with Crippen molar-refractivity contribution >= 4 is 11.0 Å². The molecule has 2 heterocycles. The minimum Gasteiger partial charge on any atom is -1.00 e. The third kappa shape index (κ3) is 4.03. The Morgan fingerprint density at radius 2 is 1.73 bits per heavy atom. The number of furan rings is 1. The highest BCUT2D eigenvalue weighted by atomic mass is 35.5. The van der Waals surface area contributed by atoms with Crippen LogP contribution in [0, 0.1) is 5.41 Å². The van der Waals surface area contributed by atoms with Crippen LogP contribution < -0.4 is 22.9 Å². The van der Waals surface area contributed by atoms with Crippen molar-refractivity contribution in [2.24, 2.45) is 0 Å². The molecule has 0 aliphatic heterocycles. The summed E-state index contributed by atoms with van der Waals surface area (Å²) in [5.41, 5.74) is 2.41. The van der Waals surface area contributed by atoms with Crippen molar-refractivity contribution in [1.29, 1.82) is 5.41 Å². The van der Waals surface area contributed by atoms with Gasteiger partial charge in [0.2, 0.25) is 5.62 Å². The molecule has 1 unspecified atom stereocenters. The van der Waals surface area contributed by atoms with E-state index in [0.717, 1.165) is 37.2 Å². The van der Waals surface area contributed by atoms with E-state index in [1.165, 1.54) is 4.90 Å². The van der Waals surface area contributed by atoms with E-state index < -0.39 is 6.10 Å². The highest BCUT2D eigenvalue weighted by Crippen LogP contribution is 2.18. The van der Waals surface area contributed by atoms with Crippen molar-refractivity contribution in [2.45, 2.75) is 33.0 Å². The second-order valence-corrected chi connectivity index (χ2v) is 6.31. The average Bonchev–Trinajstić information content (AvgIpc) is 3.25. The molecule has 7 heteroatoms. The number of aliphatic hydroxyl groups is 1. The van der Waals surface area contributed by atoms with E-state index in [1.54, 1.807) is 18.4 Å². The Bertz CT molecular complexity index is 865. The second kappa shape index (κ2) is 9.07. The van der Waals surface area contributed by atoms with Crippen LogP contribution in [-0.4, -0.2) is 33.9 Å². The second-order valence-electron chi connectivity index (χ2n) is 6.31. The number of halogens is 1. The molecule has 3 rings (SSSR count). The number of likely N-dealkylation sites (N-methyl/N-ethyl adjacent to an activating group) is 1. The van der Waals surface area contributed by atoms with Gasteiger partial charge in [0.1, 0.15) is 11.9 Å². The van der Waals surface area contributed by atoms with Crippen molar-refractivity contribution in [3.05, 3.63) is 54.0 Å². The van der Waals surface area contributed by atoms with Crippen molar-refractivity contribution in [1.82, 2.24) is 9.13 Å². The number of quaternary nitrogens is 1. The fourth-order valence-electron chi connectivity index (χ4n) is 3.32. The molecular formula is C19H27ClN4O2. The van der Waals surface area contributed by atoms with E-state index in [2.05, 4.69) is 13.8 Å². The van der Waals surface area contributed by atoms with Crippen LogP contribution in [0.2, 0.25) is 0 Å². The summed E-state index contributed by atoms with van der Waals surface area (Å²) in [5.74, 6) is 0.524. The lowest BCUT2D eigenvalue weighted by Crippen LogP contribution is -3.11. The number of nitrogens with zero attached hydrogens (tertiary/aromatic N) is 2. The van der Waals surface area contributed by atoms with Crippen LogP contribution in [0.4, 0.5) is 0 Å². The molecule has 0 bridgehead atoms. The van der Waals surface area contributed by atoms with Crippen LogP contribution in [0.25, 0.3) is 11.0 Å². The molecule has 0 amide bonds. The van der Waals surface area contributed by atoms with Gasteiger partial charge in [0.15, 0.2) is 0 Å².